The van der Waals surface area contributed by atoms with Crippen LogP contribution in [-0.4, -0.2) is 29.9 Å². The highest BCUT2D eigenvalue weighted by atomic mass is 16.2. The average molecular weight is 232 g/mol. The van der Waals surface area contributed by atoms with Gasteiger partial charge in [0.1, 0.15) is 0 Å². The minimum Gasteiger partial charge on any atom is -0.343 e. The van der Waals surface area contributed by atoms with Crippen LogP contribution in [0.3, 0.4) is 0 Å². The van der Waals surface area contributed by atoms with Crippen molar-refractivity contribution in [1.29, 1.82) is 0 Å². The van der Waals surface area contributed by atoms with Gasteiger partial charge in [-0.2, -0.15) is 0 Å². The van der Waals surface area contributed by atoms with E-state index in [2.05, 4.69) is 24.3 Å². The minimum absolute atomic E-state index is 0.154. The van der Waals surface area contributed by atoms with Crippen molar-refractivity contribution in [1.82, 2.24) is 4.90 Å². The molecule has 1 fully saturated rings. The maximum absolute atomic E-state index is 11.4. The minimum atomic E-state index is 0.154. The number of carbonyl (C=O) groups is 1. The first-order valence-corrected chi connectivity index (χ1v) is 6.24. The summed E-state index contributed by atoms with van der Waals surface area (Å²) in [5.74, 6) is 0.534. The Kier molecular flexibility index (Phi) is 3.79. The van der Waals surface area contributed by atoms with Gasteiger partial charge in [0.25, 0.3) is 0 Å². The van der Waals surface area contributed by atoms with Gasteiger partial charge in [0.05, 0.1) is 0 Å². The Bertz CT molecular complexity index is 377. The summed E-state index contributed by atoms with van der Waals surface area (Å²) in [7, 11) is 0. The Morgan fingerprint density at radius 2 is 1.88 bits per heavy atom. The molecule has 0 radical (unpaired) electrons. The molecule has 0 spiro atoms. The molecule has 1 heterocycles. The van der Waals surface area contributed by atoms with Crippen LogP contribution in [0, 0.1) is 0 Å². The molecule has 0 unspecified atom stereocenters. The van der Waals surface area contributed by atoms with Crippen LogP contribution >= 0.6 is 0 Å². The fraction of sp³-hybridized carbons (Fsp3) is 0.500. The molecule has 92 valence electrons. The largest absolute Gasteiger partial charge is 0.343 e. The molecule has 1 amide bonds. The van der Waals surface area contributed by atoms with Crippen LogP contribution in [0.5, 0.6) is 0 Å². The normalized spacial score (nSPS) is 25.4. The van der Waals surface area contributed by atoms with E-state index >= 15 is 0 Å². The lowest BCUT2D eigenvalue weighted by Crippen LogP contribution is -2.31. The Hall–Kier alpha value is -1.35. The summed E-state index contributed by atoms with van der Waals surface area (Å²) in [6.45, 7) is 3.25. The van der Waals surface area contributed by atoms with E-state index in [1.165, 1.54) is 5.56 Å². The lowest BCUT2D eigenvalue weighted by Gasteiger charge is -2.21. The summed E-state index contributed by atoms with van der Waals surface area (Å²) in [5.41, 5.74) is 7.53. The number of hydrogen-bond donors (Lipinski definition) is 1. The monoisotopic (exact) mass is 232 g/mol. The van der Waals surface area contributed by atoms with Gasteiger partial charge < -0.3 is 10.6 Å². The van der Waals surface area contributed by atoms with E-state index in [-0.39, 0.29) is 11.9 Å². The molecular formula is C14H20N2O. The van der Waals surface area contributed by atoms with Gasteiger partial charge in [-0.3, -0.25) is 4.79 Å². The summed E-state index contributed by atoms with van der Waals surface area (Å²) in [6, 6.07) is 10.5. The molecule has 1 aliphatic heterocycles. The van der Waals surface area contributed by atoms with Crippen LogP contribution < -0.4 is 5.73 Å². The van der Waals surface area contributed by atoms with Gasteiger partial charge in [0.2, 0.25) is 5.91 Å². The van der Waals surface area contributed by atoms with E-state index < -0.39 is 0 Å². The van der Waals surface area contributed by atoms with Gasteiger partial charge in [-0.1, -0.05) is 30.3 Å². The number of amides is 1. The predicted octanol–water partition coefficient (Wildman–Crippen LogP) is 1.74. The number of likely N-dealkylation sites (tertiary alicyclic amines) is 1. The van der Waals surface area contributed by atoms with Gasteiger partial charge in [-0.25, -0.2) is 0 Å². The van der Waals surface area contributed by atoms with Crippen LogP contribution in [0.2, 0.25) is 0 Å². The second kappa shape index (κ2) is 5.32. The molecule has 2 rings (SSSR count). The molecule has 0 aromatic heterocycles. The molecule has 0 bridgehead atoms. The number of hydrogen-bond acceptors (Lipinski definition) is 2. The van der Waals surface area contributed by atoms with E-state index in [9.17, 15) is 4.79 Å². The fourth-order valence-electron chi connectivity index (χ4n) is 2.56. The van der Waals surface area contributed by atoms with Crippen molar-refractivity contribution in [2.24, 2.45) is 5.73 Å². The maximum atomic E-state index is 11.4. The fourth-order valence-corrected chi connectivity index (χ4v) is 2.56. The number of nitrogens with zero attached hydrogens (tertiary/aromatic N) is 1. The van der Waals surface area contributed by atoms with Gasteiger partial charge >= 0.3 is 0 Å². The average Bonchev–Trinajstić information content (AvgIpc) is 2.52. The Labute approximate surface area is 103 Å². The van der Waals surface area contributed by atoms with Crippen molar-refractivity contribution in [3.8, 4) is 0 Å². The number of nitrogens with two attached hydrogens (primary N) is 1. The van der Waals surface area contributed by atoms with Gasteiger partial charge in [0.15, 0.2) is 0 Å². The van der Waals surface area contributed by atoms with Crippen LogP contribution in [0.4, 0.5) is 0 Å². The first-order chi connectivity index (χ1) is 8.18. The Balaban J connectivity index is 2.11. The van der Waals surface area contributed by atoms with Crippen molar-refractivity contribution in [3.05, 3.63) is 35.9 Å². The highest BCUT2D eigenvalue weighted by molar-refractivity contribution is 5.73. The second-order valence-electron chi connectivity index (χ2n) is 4.76. The third kappa shape index (κ3) is 2.86. The summed E-state index contributed by atoms with van der Waals surface area (Å²) in [4.78, 5) is 13.3. The van der Waals surface area contributed by atoms with Crippen molar-refractivity contribution in [2.75, 3.05) is 13.1 Å². The maximum Gasteiger partial charge on any atom is 0.219 e. The first-order valence-electron chi connectivity index (χ1n) is 6.24. The van der Waals surface area contributed by atoms with Crippen molar-refractivity contribution >= 4 is 5.91 Å². The molecule has 1 aromatic carbocycles. The van der Waals surface area contributed by atoms with Gasteiger partial charge in [-0.05, 0) is 18.4 Å². The molecule has 3 heteroatoms. The van der Waals surface area contributed by atoms with Crippen LogP contribution in [0.15, 0.2) is 30.3 Å². The number of rotatable bonds is 1. The van der Waals surface area contributed by atoms with E-state index in [1.54, 1.807) is 6.92 Å². The molecule has 2 atom stereocenters. The molecule has 1 saturated heterocycles. The van der Waals surface area contributed by atoms with Gasteiger partial charge in [0, 0.05) is 32.0 Å². The smallest absolute Gasteiger partial charge is 0.219 e. The summed E-state index contributed by atoms with van der Waals surface area (Å²) >= 11 is 0. The van der Waals surface area contributed by atoms with Crippen LogP contribution in [-0.2, 0) is 4.79 Å². The van der Waals surface area contributed by atoms with Crippen LogP contribution in [0.25, 0.3) is 0 Å². The Morgan fingerprint density at radius 3 is 2.53 bits per heavy atom. The van der Waals surface area contributed by atoms with Crippen molar-refractivity contribution in [3.63, 3.8) is 0 Å². The van der Waals surface area contributed by atoms with Crippen molar-refractivity contribution < 1.29 is 4.79 Å². The Morgan fingerprint density at radius 1 is 1.24 bits per heavy atom. The summed E-state index contributed by atoms with van der Waals surface area (Å²) in [6.07, 6.45) is 1.85. The van der Waals surface area contributed by atoms with E-state index in [1.807, 2.05) is 11.0 Å². The lowest BCUT2D eigenvalue weighted by molar-refractivity contribution is -0.128. The highest BCUT2D eigenvalue weighted by Crippen LogP contribution is 2.27. The molecule has 3 nitrogen and oxygen atoms in total. The molecule has 17 heavy (non-hydrogen) atoms. The standard InChI is InChI=1S/C14H20N2O/c1-11(17)16-9-7-13(14(15)8-10-16)12-5-3-2-4-6-12/h2-6,13-14H,7-10,15H2,1H3/t13-,14-/m0/s1. The van der Waals surface area contributed by atoms with Crippen LogP contribution in [0.1, 0.15) is 31.2 Å². The van der Waals surface area contributed by atoms with Crippen molar-refractivity contribution in [2.45, 2.75) is 31.7 Å². The second-order valence-corrected chi connectivity index (χ2v) is 4.76. The van der Waals surface area contributed by atoms with E-state index in [4.69, 9.17) is 5.73 Å². The van der Waals surface area contributed by atoms with E-state index in [0.717, 1.165) is 25.9 Å². The molecule has 1 aromatic rings. The molecule has 0 saturated carbocycles. The van der Waals surface area contributed by atoms with Gasteiger partial charge in [-0.15, -0.1) is 0 Å². The zero-order chi connectivity index (χ0) is 12.3. The summed E-state index contributed by atoms with van der Waals surface area (Å²) < 4.78 is 0. The topological polar surface area (TPSA) is 46.3 Å². The third-order valence-electron chi connectivity index (χ3n) is 3.63. The zero-order valence-electron chi connectivity index (χ0n) is 10.3. The molecule has 2 N–H and O–H groups in total. The summed E-state index contributed by atoms with van der Waals surface area (Å²) in [5, 5.41) is 0. The molecule has 0 aliphatic carbocycles. The van der Waals surface area contributed by atoms with E-state index in [0.29, 0.717) is 5.92 Å². The first kappa shape index (κ1) is 12.1. The third-order valence-corrected chi connectivity index (χ3v) is 3.63. The molecule has 1 aliphatic rings. The molecular weight excluding hydrogens is 212 g/mol. The number of carbonyl (C=O) groups excluding carboxylic acids is 1. The predicted molar refractivity (Wildman–Crippen MR) is 68.6 cm³/mol. The number of benzene rings is 1. The lowest BCUT2D eigenvalue weighted by atomic mass is 9.88. The zero-order valence-corrected chi connectivity index (χ0v) is 10.3. The highest BCUT2D eigenvalue weighted by Gasteiger charge is 2.25. The quantitative estimate of drug-likeness (QED) is 0.801. The SMILES string of the molecule is CC(=O)N1CC[C@H](N)[C@H](c2ccccc2)CC1.